The van der Waals surface area contributed by atoms with Crippen LogP contribution in [0.1, 0.15) is 38.9 Å². The second kappa shape index (κ2) is 9.52. The fourth-order valence-corrected chi connectivity index (χ4v) is 3.79. The lowest BCUT2D eigenvalue weighted by Gasteiger charge is -2.17. The van der Waals surface area contributed by atoms with Gasteiger partial charge in [0.1, 0.15) is 11.4 Å². The molecule has 8 heteroatoms. The highest BCUT2D eigenvalue weighted by atomic mass is 16.3. The van der Waals surface area contributed by atoms with Crippen molar-refractivity contribution in [3.05, 3.63) is 76.7 Å². The maximum absolute atomic E-state index is 12.8. The number of carbonyl (C=O) groups is 1. The number of aliphatic hydroxyl groups is 1. The van der Waals surface area contributed by atoms with E-state index in [4.69, 9.17) is 0 Å². The van der Waals surface area contributed by atoms with Gasteiger partial charge in [-0.2, -0.15) is 0 Å². The Balaban J connectivity index is 1.63. The van der Waals surface area contributed by atoms with E-state index in [9.17, 15) is 14.7 Å². The van der Waals surface area contributed by atoms with Crippen LogP contribution in [0.4, 0.5) is 11.4 Å². The van der Waals surface area contributed by atoms with E-state index in [0.717, 1.165) is 5.56 Å². The molecule has 4 rings (SSSR count). The van der Waals surface area contributed by atoms with Crippen LogP contribution in [0.25, 0.3) is 22.4 Å². The molecule has 2 aromatic heterocycles. The Morgan fingerprint density at radius 2 is 1.82 bits per heavy atom. The number of anilines is 2. The maximum atomic E-state index is 12.8. The lowest BCUT2D eigenvalue weighted by Crippen LogP contribution is -2.19. The first-order valence-corrected chi connectivity index (χ1v) is 11.2. The van der Waals surface area contributed by atoms with Gasteiger partial charge in [-0.15, -0.1) is 0 Å². The van der Waals surface area contributed by atoms with Crippen LogP contribution in [0.15, 0.2) is 65.6 Å². The summed E-state index contributed by atoms with van der Waals surface area (Å²) in [6.45, 7) is 6.24. The average Bonchev–Trinajstić information content (AvgIpc) is 3.21. The normalized spacial score (nSPS) is 12.5. The molecule has 0 radical (unpaired) electrons. The molecular formula is C26H29N5O3. The first-order valence-electron chi connectivity index (χ1n) is 11.2. The Kier molecular flexibility index (Phi) is 6.51. The van der Waals surface area contributed by atoms with E-state index in [2.05, 4.69) is 25.6 Å². The van der Waals surface area contributed by atoms with E-state index in [1.807, 2.05) is 63.2 Å². The Hall–Kier alpha value is -3.91. The Labute approximate surface area is 197 Å². The van der Waals surface area contributed by atoms with Crippen molar-refractivity contribution in [1.82, 2.24) is 15.0 Å². The smallest absolute Gasteiger partial charge is 0.261 e. The number of fused-ring (bicyclic) bond motifs is 1. The zero-order valence-corrected chi connectivity index (χ0v) is 19.5. The predicted molar refractivity (Wildman–Crippen MR) is 135 cm³/mol. The molecular weight excluding hydrogens is 430 g/mol. The number of carbonyl (C=O) groups excluding carboxylic acids is 1. The van der Waals surface area contributed by atoms with Gasteiger partial charge in [0.15, 0.2) is 0 Å². The molecule has 2 aromatic carbocycles. The Bertz CT molecular complexity index is 1350. The summed E-state index contributed by atoms with van der Waals surface area (Å²) >= 11 is 0. The first-order chi connectivity index (χ1) is 16.2. The van der Waals surface area contributed by atoms with Crippen LogP contribution in [0.3, 0.4) is 0 Å². The van der Waals surface area contributed by atoms with Crippen molar-refractivity contribution in [2.45, 2.75) is 33.3 Å². The third-order valence-corrected chi connectivity index (χ3v) is 5.35. The lowest BCUT2D eigenvalue weighted by molar-refractivity contribution is -0.117. The summed E-state index contributed by atoms with van der Waals surface area (Å²) in [6.07, 6.45) is 1.18. The van der Waals surface area contributed by atoms with Gasteiger partial charge in [-0.05, 0) is 29.2 Å². The average molecular weight is 460 g/mol. The first kappa shape index (κ1) is 23.3. The van der Waals surface area contributed by atoms with E-state index in [1.54, 1.807) is 18.3 Å². The van der Waals surface area contributed by atoms with Crippen LogP contribution in [0.5, 0.6) is 0 Å². The van der Waals surface area contributed by atoms with Gasteiger partial charge >= 0.3 is 0 Å². The number of amides is 1. The predicted octanol–water partition coefficient (Wildman–Crippen LogP) is 4.44. The highest BCUT2D eigenvalue weighted by Crippen LogP contribution is 2.29. The zero-order valence-electron chi connectivity index (χ0n) is 19.5. The molecule has 0 aliphatic heterocycles. The Morgan fingerprint density at radius 3 is 2.56 bits per heavy atom. The van der Waals surface area contributed by atoms with Crippen LogP contribution >= 0.6 is 0 Å². The van der Waals surface area contributed by atoms with E-state index < -0.39 is 6.10 Å². The summed E-state index contributed by atoms with van der Waals surface area (Å²) in [5, 5.41) is 16.6. The van der Waals surface area contributed by atoms with E-state index >= 15 is 0 Å². The van der Waals surface area contributed by atoms with Crippen molar-refractivity contribution in [2.24, 2.45) is 5.41 Å². The molecule has 0 bridgehead atoms. The summed E-state index contributed by atoms with van der Waals surface area (Å²) in [4.78, 5) is 35.7. The fourth-order valence-electron chi connectivity index (χ4n) is 3.79. The molecule has 5 N–H and O–H groups in total. The Morgan fingerprint density at radius 1 is 1.06 bits per heavy atom. The number of pyridine rings is 1. The number of benzene rings is 2. The van der Waals surface area contributed by atoms with Crippen molar-refractivity contribution in [3.63, 3.8) is 0 Å². The molecule has 4 aromatic rings. The molecule has 0 saturated heterocycles. The van der Waals surface area contributed by atoms with E-state index in [-0.39, 0.29) is 23.4 Å². The number of nitrogens with zero attached hydrogens (tertiary/aromatic N) is 1. The van der Waals surface area contributed by atoms with Crippen molar-refractivity contribution < 1.29 is 9.90 Å². The van der Waals surface area contributed by atoms with E-state index in [1.165, 1.54) is 0 Å². The molecule has 2 heterocycles. The van der Waals surface area contributed by atoms with E-state index in [0.29, 0.717) is 40.2 Å². The van der Waals surface area contributed by atoms with Crippen LogP contribution < -0.4 is 16.2 Å². The number of para-hydroxylation sites is 1. The van der Waals surface area contributed by atoms with Crippen LogP contribution in [0, 0.1) is 5.41 Å². The van der Waals surface area contributed by atoms with Crippen molar-refractivity contribution in [1.29, 1.82) is 0 Å². The number of imidazole rings is 1. The number of hydrogen-bond acceptors (Lipinski definition) is 5. The third-order valence-electron chi connectivity index (χ3n) is 5.35. The number of nitrogens with one attached hydrogen (secondary N) is 4. The largest absolute Gasteiger partial charge is 0.387 e. The summed E-state index contributed by atoms with van der Waals surface area (Å²) in [7, 11) is 0. The van der Waals surface area contributed by atoms with Gasteiger partial charge in [-0.3, -0.25) is 9.59 Å². The highest BCUT2D eigenvalue weighted by molar-refractivity contribution is 6.00. The van der Waals surface area contributed by atoms with Gasteiger partial charge in [-0.25, -0.2) is 4.98 Å². The quantitative estimate of drug-likeness (QED) is 0.280. The highest BCUT2D eigenvalue weighted by Gasteiger charge is 2.19. The fraction of sp³-hybridized carbons (Fsp3) is 0.269. The monoisotopic (exact) mass is 459 g/mol. The van der Waals surface area contributed by atoms with Gasteiger partial charge in [0.05, 0.1) is 28.5 Å². The SMILES string of the molecule is CC(C)(C)CC(=O)Nc1cccc2nc(-c3c(NC[C@@H](O)c4ccccc4)cc[nH]c3=O)[nH]c12. The summed E-state index contributed by atoms with van der Waals surface area (Å²) in [5.74, 6) is 0.275. The molecule has 0 unspecified atom stereocenters. The number of aromatic amines is 2. The summed E-state index contributed by atoms with van der Waals surface area (Å²) < 4.78 is 0. The van der Waals surface area contributed by atoms with Gasteiger partial charge < -0.3 is 25.7 Å². The lowest BCUT2D eigenvalue weighted by atomic mass is 9.92. The topological polar surface area (TPSA) is 123 Å². The number of hydrogen-bond donors (Lipinski definition) is 5. The van der Waals surface area contributed by atoms with Gasteiger partial charge in [0.25, 0.3) is 5.56 Å². The molecule has 0 fully saturated rings. The number of aromatic nitrogens is 3. The number of aliphatic hydroxyl groups excluding tert-OH is 1. The van der Waals surface area contributed by atoms with Gasteiger partial charge in [0.2, 0.25) is 5.91 Å². The van der Waals surface area contributed by atoms with Crippen LogP contribution in [-0.2, 0) is 4.79 Å². The molecule has 0 saturated carbocycles. The molecule has 1 amide bonds. The second-order valence-electron chi connectivity index (χ2n) is 9.47. The molecule has 8 nitrogen and oxygen atoms in total. The molecule has 176 valence electrons. The molecule has 0 spiro atoms. The molecule has 1 atom stereocenters. The number of H-pyrrole nitrogens is 2. The molecule has 34 heavy (non-hydrogen) atoms. The summed E-state index contributed by atoms with van der Waals surface area (Å²) in [5.41, 5.74) is 3.05. The minimum absolute atomic E-state index is 0.0917. The van der Waals surface area contributed by atoms with Crippen molar-refractivity contribution in [2.75, 3.05) is 17.2 Å². The van der Waals surface area contributed by atoms with Crippen molar-refractivity contribution >= 4 is 28.3 Å². The van der Waals surface area contributed by atoms with Crippen LogP contribution in [-0.4, -0.2) is 32.5 Å². The minimum atomic E-state index is -0.742. The van der Waals surface area contributed by atoms with Gasteiger partial charge in [-0.1, -0.05) is 57.2 Å². The summed E-state index contributed by atoms with van der Waals surface area (Å²) in [6, 6.07) is 16.5. The van der Waals surface area contributed by atoms with Crippen molar-refractivity contribution in [3.8, 4) is 11.4 Å². The minimum Gasteiger partial charge on any atom is -0.387 e. The van der Waals surface area contributed by atoms with Gasteiger partial charge in [0, 0.05) is 19.2 Å². The number of rotatable bonds is 7. The maximum Gasteiger partial charge on any atom is 0.261 e. The standard InChI is InChI=1S/C26H29N5O3/c1-26(2,3)14-21(33)29-18-10-7-11-19-23(18)31-24(30-19)22-17(12-13-27-25(22)34)28-15-20(32)16-8-5-4-6-9-16/h4-13,20,32H,14-15H2,1-3H3,(H,29,33)(H,30,31)(H2,27,28,34)/t20-/m1/s1. The molecule has 0 aliphatic rings. The van der Waals surface area contributed by atoms with Crippen LogP contribution in [0.2, 0.25) is 0 Å². The second-order valence-corrected chi connectivity index (χ2v) is 9.47. The zero-order chi connectivity index (χ0) is 24.3. The molecule has 0 aliphatic carbocycles. The third kappa shape index (κ3) is 5.35.